The van der Waals surface area contributed by atoms with E-state index in [0.717, 1.165) is 24.2 Å². The monoisotopic (exact) mass is 305 g/mol. The first kappa shape index (κ1) is 16.1. The maximum Gasteiger partial charge on any atom is 0.349 e. The van der Waals surface area contributed by atoms with Gasteiger partial charge in [-0.25, -0.2) is 13.2 Å². The van der Waals surface area contributed by atoms with Crippen LogP contribution in [0, 0.1) is 0 Å². The summed E-state index contributed by atoms with van der Waals surface area (Å²) in [6, 6.07) is 1.46. The number of methoxy groups -OCH3 is 1. The van der Waals surface area contributed by atoms with Gasteiger partial charge in [-0.05, 0) is 17.9 Å². The number of hydrogen-bond acceptors (Lipinski definition) is 5. The second kappa shape index (κ2) is 7.02. The van der Waals surface area contributed by atoms with Gasteiger partial charge in [0.25, 0.3) is 0 Å². The van der Waals surface area contributed by atoms with Crippen LogP contribution >= 0.6 is 11.3 Å². The van der Waals surface area contributed by atoms with Gasteiger partial charge in [-0.15, -0.1) is 11.3 Å². The van der Waals surface area contributed by atoms with E-state index in [4.69, 9.17) is 0 Å². The van der Waals surface area contributed by atoms with E-state index >= 15 is 0 Å². The average molecular weight is 305 g/mol. The van der Waals surface area contributed by atoms with Gasteiger partial charge in [0, 0.05) is 13.1 Å². The van der Waals surface area contributed by atoms with Gasteiger partial charge in [-0.3, -0.25) is 0 Å². The van der Waals surface area contributed by atoms with Crippen LogP contribution in [0.1, 0.15) is 36.4 Å². The van der Waals surface area contributed by atoms with Crippen LogP contribution in [-0.4, -0.2) is 38.9 Å². The summed E-state index contributed by atoms with van der Waals surface area (Å²) in [4.78, 5) is 11.8. The molecule has 0 aliphatic carbocycles. The number of esters is 1. The van der Waals surface area contributed by atoms with Crippen molar-refractivity contribution in [3.8, 4) is 0 Å². The smallest absolute Gasteiger partial charge is 0.349 e. The first-order valence-corrected chi connectivity index (χ1v) is 8.46. The number of nitrogens with zero attached hydrogens (tertiary/aromatic N) is 1. The highest BCUT2D eigenvalue weighted by molar-refractivity contribution is 7.89. The number of carbonyl (C=O) groups is 1. The van der Waals surface area contributed by atoms with Crippen molar-refractivity contribution in [3.05, 3.63) is 16.3 Å². The summed E-state index contributed by atoms with van der Waals surface area (Å²) in [5, 5.41) is 1.59. The molecule has 7 heteroatoms. The molecule has 1 heterocycles. The van der Waals surface area contributed by atoms with Crippen molar-refractivity contribution in [2.75, 3.05) is 20.2 Å². The average Bonchev–Trinajstić information content (AvgIpc) is 2.88. The fourth-order valence-electron chi connectivity index (χ4n) is 1.66. The largest absolute Gasteiger partial charge is 0.465 e. The lowest BCUT2D eigenvalue weighted by atomic mass is 10.3. The van der Waals surface area contributed by atoms with Gasteiger partial charge in [0.1, 0.15) is 9.77 Å². The predicted octanol–water partition coefficient (Wildman–Crippen LogP) is 2.35. The van der Waals surface area contributed by atoms with E-state index in [-0.39, 0.29) is 9.77 Å². The lowest BCUT2D eigenvalue weighted by molar-refractivity contribution is 0.0602. The van der Waals surface area contributed by atoms with Crippen molar-refractivity contribution in [2.24, 2.45) is 0 Å². The standard InChI is InChI=1S/C12H19NO4S2/c1-4-6-8-13(5-2)19(15,16)10-7-9-18-11(10)12(14)17-3/h7,9H,4-6,8H2,1-3H3. The minimum atomic E-state index is -3.62. The Morgan fingerprint density at radius 2 is 2.11 bits per heavy atom. The molecule has 1 aromatic rings. The van der Waals surface area contributed by atoms with E-state index in [1.807, 2.05) is 6.92 Å². The minimum Gasteiger partial charge on any atom is -0.465 e. The topological polar surface area (TPSA) is 63.7 Å². The molecule has 0 N–H and O–H groups in total. The molecule has 0 aliphatic heterocycles. The van der Waals surface area contributed by atoms with Crippen LogP contribution in [0.15, 0.2) is 16.3 Å². The highest BCUT2D eigenvalue weighted by Crippen LogP contribution is 2.26. The van der Waals surface area contributed by atoms with Crippen molar-refractivity contribution in [1.82, 2.24) is 4.31 Å². The van der Waals surface area contributed by atoms with Gasteiger partial charge in [0.15, 0.2) is 0 Å². The molecule has 0 bridgehead atoms. The Bertz CT molecular complexity index is 522. The van der Waals surface area contributed by atoms with Crippen LogP contribution in [0.2, 0.25) is 0 Å². The quantitative estimate of drug-likeness (QED) is 0.725. The first-order chi connectivity index (χ1) is 8.98. The Balaban J connectivity index is 3.12. The molecule has 0 aromatic carbocycles. The Hall–Kier alpha value is -0.920. The summed E-state index contributed by atoms with van der Waals surface area (Å²) in [5.41, 5.74) is 0. The van der Waals surface area contributed by atoms with Crippen molar-refractivity contribution < 1.29 is 17.9 Å². The van der Waals surface area contributed by atoms with Gasteiger partial charge in [0.2, 0.25) is 10.0 Å². The normalized spacial score (nSPS) is 11.8. The summed E-state index contributed by atoms with van der Waals surface area (Å²) in [6.07, 6.45) is 1.71. The Morgan fingerprint density at radius 1 is 1.42 bits per heavy atom. The highest BCUT2D eigenvalue weighted by atomic mass is 32.2. The van der Waals surface area contributed by atoms with E-state index in [1.54, 1.807) is 12.3 Å². The summed E-state index contributed by atoms with van der Waals surface area (Å²) in [7, 11) is -2.38. The Kier molecular flexibility index (Phi) is 5.96. The van der Waals surface area contributed by atoms with E-state index in [2.05, 4.69) is 4.74 Å². The van der Waals surface area contributed by atoms with Gasteiger partial charge in [0.05, 0.1) is 7.11 Å². The maximum absolute atomic E-state index is 12.5. The minimum absolute atomic E-state index is 0.0438. The fraction of sp³-hybridized carbons (Fsp3) is 0.583. The third-order valence-corrected chi connectivity index (χ3v) is 5.77. The fourth-order valence-corrected chi connectivity index (χ4v) is 4.46. The molecular weight excluding hydrogens is 286 g/mol. The molecule has 0 amide bonds. The lowest BCUT2D eigenvalue weighted by Crippen LogP contribution is -2.32. The predicted molar refractivity (Wildman–Crippen MR) is 75.0 cm³/mol. The first-order valence-electron chi connectivity index (χ1n) is 6.15. The Morgan fingerprint density at radius 3 is 2.63 bits per heavy atom. The molecule has 1 aromatic heterocycles. The van der Waals surface area contributed by atoms with Crippen LogP contribution in [-0.2, 0) is 14.8 Å². The Labute approximate surface area is 118 Å². The molecule has 0 atom stereocenters. The number of sulfonamides is 1. The molecule has 0 unspecified atom stereocenters. The van der Waals surface area contributed by atoms with Crippen molar-refractivity contribution >= 4 is 27.3 Å². The molecule has 0 fully saturated rings. The number of carbonyl (C=O) groups excluding carboxylic acids is 1. The van der Waals surface area contributed by atoms with E-state index in [0.29, 0.717) is 13.1 Å². The molecule has 0 saturated carbocycles. The zero-order chi connectivity index (χ0) is 14.5. The van der Waals surface area contributed by atoms with Crippen LogP contribution in [0.3, 0.4) is 0 Å². The van der Waals surface area contributed by atoms with Crippen molar-refractivity contribution in [3.63, 3.8) is 0 Å². The van der Waals surface area contributed by atoms with Crippen molar-refractivity contribution in [2.45, 2.75) is 31.6 Å². The van der Waals surface area contributed by atoms with Crippen LogP contribution < -0.4 is 0 Å². The van der Waals surface area contributed by atoms with Crippen molar-refractivity contribution in [1.29, 1.82) is 0 Å². The molecule has 19 heavy (non-hydrogen) atoms. The molecule has 108 valence electrons. The number of ether oxygens (including phenoxy) is 1. The van der Waals surface area contributed by atoms with Gasteiger partial charge in [-0.2, -0.15) is 4.31 Å². The molecule has 0 radical (unpaired) electrons. The SMILES string of the molecule is CCCCN(CC)S(=O)(=O)c1ccsc1C(=O)OC. The lowest BCUT2D eigenvalue weighted by Gasteiger charge is -2.20. The van der Waals surface area contributed by atoms with Crippen LogP contribution in [0.25, 0.3) is 0 Å². The number of hydrogen-bond donors (Lipinski definition) is 0. The summed E-state index contributed by atoms with van der Waals surface area (Å²) in [5.74, 6) is -0.611. The molecule has 0 saturated heterocycles. The third-order valence-electron chi connectivity index (χ3n) is 2.73. The van der Waals surface area contributed by atoms with Crippen LogP contribution in [0.5, 0.6) is 0 Å². The zero-order valence-corrected chi connectivity index (χ0v) is 13.0. The zero-order valence-electron chi connectivity index (χ0n) is 11.4. The summed E-state index contributed by atoms with van der Waals surface area (Å²) < 4.78 is 31.0. The van der Waals surface area contributed by atoms with E-state index in [9.17, 15) is 13.2 Å². The summed E-state index contributed by atoms with van der Waals surface area (Å²) in [6.45, 7) is 4.65. The summed E-state index contributed by atoms with van der Waals surface area (Å²) >= 11 is 1.08. The third kappa shape index (κ3) is 3.55. The molecule has 0 spiro atoms. The van der Waals surface area contributed by atoms with E-state index < -0.39 is 16.0 Å². The molecular formula is C12H19NO4S2. The molecule has 0 aliphatic rings. The highest BCUT2D eigenvalue weighted by Gasteiger charge is 2.29. The second-order valence-electron chi connectivity index (χ2n) is 3.96. The maximum atomic E-state index is 12.5. The number of unbranched alkanes of at least 4 members (excludes halogenated alkanes) is 1. The molecule has 5 nitrogen and oxygen atoms in total. The number of rotatable bonds is 7. The number of thiophene rings is 1. The van der Waals surface area contributed by atoms with Crippen LogP contribution in [0.4, 0.5) is 0 Å². The van der Waals surface area contributed by atoms with Gasteiger partial charge < -0.3 is 4.74 Å². The van der Waals surface area contributed by atoms with Gasteiger partial charge >= 0.3 is 5.97 Å². The van der Waals surface area contributed by atoms with E-state index in [1.165, 1.54) is 17.5 Å². The molecule has 1 rings (SSSR count). The second-order valence-corrected chi connectivity index (χ2v) is 6.78. The van der Waals surface area contributed by atoms with Gasteiger partial charge in [-0.1, -0.05) is 20.3 Å².